The first kappa shape index (κ1) is 16.7. The van der Waals surface area contributed by atoms with Gasteiger partial charge in [0, 0.05) is 43.7 Å². The summed E-state index contributed by atoms with van der Waals surface area (Å²) in [6, 6.07) is 0.0723. The van der Waals surface area contributed by atoms with Crippen molar-refractivity contribution in [2.24, 2.45) is 5.92 Å². The molecule has 1 atom stereocenters. The minimum Gasteiger partial charge on any atom is -0.378 e. The lowest BCUT2D eigenvalue weighted by atomic mass is 9.90. The van der Waals surface area contributed by atoms with E-state index in [-0.39, 0.29) is 6.03 Å². The van der Waals surface area contributed by atoms with Gasteiger partial charge in [-0.15, -0.1) is 11.3 Å². The molecule has 0 radical (unpaired) electrons. The summed E-state index contributed by atoms with van der Waals surface area (Å²) in [4.78, 5) is 19.9. The lowest BCUT2D eigenvalue weighted by molar-refractivity contribution is 0.0373. The van der Waals surface area contributed by atoms with Crippen LogP contribution in [-0.4, -0.2) is 48.3 Å². The predicted octanol–water partition coefficient (Wildman–Crippen LogP) is 2.85. The van der Waals surface area contributed by atoms with Crippen molar-refractivity contribution in [3.8, 4) is 0 Å². The maximum absolute atomic E-state index is 12.2. The smallest absolute Gasteiger partial charge is 0.317 e. The van der Waals surface area contributed by atoms with E-state index in [0.717, 1.165) is 50.4 Å². The lowest BCUT2D eigenvalue weighted by Gasteiger charge is -2.34. The summed E-state index contributed by atoms with van der Waals surface area (Å²) in [7, 11) is 0. The number of hydrogen-bond acceptors (Lipinski definition) is 4. The van der Waals surface area contributed by atoms with Crippen LogP contribution in [0.25, 0.3) is 0 Å². The van der Waals surface area contributed by atoms with Gasteiger partial charge in [-0.05, 0) is 38.0 Å². The van der Waals surface area contributed by atoms with Gasteiger partial charge in [0.1, 0.15) is 0 Å². The van der Waals surface area contributed by atoms with Crippen LogP contribution in [-0.2, 0) is 17.6 Å². The monoisotopic (exact) mass is 337 g/mol. The Morgan fingerprint density at radius 3 is 2.91 bits per heavy atom. The van der Waals surface area contributed by atoms with E-state index in [9.17, 15) is 4.79 Å². The zero-order valence-electron chi connectivity index (χ0n) is 13.9. The highest BCUT2D eigenvalue weighted by Crippen LogP contribution is 2.28. The Bertz CT molecular complexity index is 506. The zero-order chi connectivity index (χ0) is 16.1. The number of carbonyl (C=O) groups is 1. The number of hydrogen-bond donors (Lipinski definition) is 1. The second-order valence-corrected chi connectivity index (χ2v) is 7.63. The number of nitrogens with one attached hydrogen (secondary N) is 1. The van der Waals surface area contributed by atoms with Gasteiger partial charge in [-0.2, -0.15) is 0 Å². The molecule has 0 saturated carbocycles. The fraction of sp³-hybridized carbons (Fsp3) is 0.765. The van der Waals surface area contributed by atoms with E-state index >= 15 is 0 Å². The number of likely N-dealkylation sites (tertiary alicyclic amines) is 1. The third-order valence-corrected chi connectivity index (χ3v) is 6.08. The Kier molecular flexibility index (Phi) is 5.89. The SMILES string of the molecule is CCc1cnc(CCNC(=O)N2CCC([C@@H]3CCCO3)CC2)s1. The van der Waals surface area contributed by atoms with Crippen molar-refractivity contribution in [3.05, 3.63) is 16.1 Å². The molecular weight excluding hydrogens is 310 g/mol. The quantitative estimate of drug-likeness (QED) is 0.899. The van der Waals surface area contributed by atoms with E-state index in [1.807, 2.05) is 11.1 Å². The molecule has 0 unspecified atom stereocenters. The molecule has 1 N–H and O–H groups in total. The molecule has 2 saturated heterocycles. The Morgan fingerprint density at radius 1 is 1.43 bits per heavy atom. The molecule has 128 valence electrons. The Hall–Kier alpha value is -1.14. The van der Waals surface area contributed by atoms with Gasteiger partial charge in [-0.25, -0.2) is 9.78 Å². The van der Waals surface area contributed by atoms with Gasteiger partial charge in [-0.1, -0.05) is 6.92 Å². The second-order valence-electron chi connectivity index (χ2n) is 6.43. The molecule has 1 aromatic heterocycles. The van der Waals surface area contributed by atoms with Crippen LogP contribution in [0.4, 0.5) is 4.79 Å². The summed E-state index contributed by atoms with van der Waals surface area (Å²) in [6.45, 7) is 5.43. The van der Waals surface area contributed by atoms with Crippen LogP contribution in [0.15, 0.2) is 6.20 Å². The highest BCUT2D eigenvalue weighted by atomic mass is 32.1. The number of rotatable bonds is 5. The van der Waals surface area contributed by atoms with E-state index in [2.05, 4.69) is 17.2 Å². The molecule has 5 nitrogen and oxygen atoms in total. The molecule has 0 aliphatic carbocycles. The van der Waals surface area contributed by atoms with Gasteiger partial charge in [0.15, 0.2) is 0 Å². The highest BCUT2D eigenvalue weighted by molar-refractivity contribution is 7.11. The summed E-state index contributed by atoms with van der Waals surface area (Å²) in [5.41, 5.74) is 0. The zero-order valence-corrected chi connectivity index (χ0v) is 14.7. The number of nitrogens with zero attached hydrogens (tertiary/aromatic N) is 2. The number of amides is 2. The molecular formula is C17H27N3O2S. The molecule has 2 fully saturated rings. The first-order valence-electron chi connectivity index (χ1n) is 8.84. The van der Waals surface area contributed by atoms with E-state index in [1.165, 1.54) is 17.7 Å². The molecule has 2 aliphatic heterocycles. The van der Waals surface area contributed by atoms with Crippen LogP contribution in [0, 0.1) is 5.92 Å². The summed E-state index contributed by atoms with van der Waals surface area (Å²) < 4.78 is 5.79. The molecule has 2 amide bonds. The van der Waals surface area contributed by atoms with Crippen molar-refractivity contribution in [1.29, 1.82) is 0 Å². The highest BCUT2D eigenvalue weighted by Gasteiger charge is 2.30. The molecule has 0 bridgehead atoms. The van der Waals surface area contributed by atoms with Crippen LogP contribution in [0.1, 0.15) is 42.5 Å². The van der Waals surface area contributed by atoms with E-state index < -0.39 is 0 Å². The lowest BCUT2D eigenvalue weighted by Crippen LogP contribution is -2.46. The molecule has 0 spiro atoms. The average Bonchev–Trinajstić information content (AvgIpc) is 3.26. The summed E-state index contributed by atoms with van der Waals surface area (Å²) in [6.07, 6.45) is 8.78. The maximum atomic E-state index is 12.2. The van der Waals surface area contributed by atoms with Gasteiger partial charge in [0.25, 0.3) is 0 Å². The van der Waals surface area contributed by atoms with E-state index in [0.29, 0.717) is 18.6 Å². The van der Waals surface area contributed by atoms with Crippen LogP contribution in [0.2, 0.25) is 0 Å². The molecule has 6 heteroatoms. The fourth-order valence-electron chi connectivity index (χ4n) is 3.46. The average molecular weight is 337 g/mol. The third-order valence-electron chi connectivity index (χ3n) is 4.88. The van der Waals surface area contributed by atoms with Gasteiger partial charge in [-0.3, -0.25) is 0 Å². The molecule has 0 aromatic carbocycles. The topological polar surface area (TPSA) is 54.5 Å². The summed E-state index contributed by atoms with van der Waals surface area (Å²) in [5.74, 6) is 0.643. The van der Waals surface area contributed by atoms with E-state index in [4.69, 9.17) is 4.74 Å². The van der Waals surface area contributed by atoms with Gasteiger partial charge < -0.3 is 15.0 Å². The second kappa shape index (κ2) is 8.11. The maximum Gasteiger partial charge on any atom is 0.317 e. The Balaban J connectivity index is 1.36. The number of carbonyl (C=O) groups excluding carboxylic acids is 1. The van der Waals surface area contributed by atoms with Crippen LogP contribution in [0.3, 0.4) is 0 Å². The number of ether oxygens (including phenoxy) is 1. The molecule has 3 heterocycles. The van der Waals surface area contributed by atoms with Gasteiger partial charge in [0.2, 0.25) is 0 Å². The molecule has 3 rings (SSSR count). The van der Waals surface area contributed by atoms with Crippen molar-refractivity contribution < 1.29 is 9.53 Å². The minimum atomic E-state index is 0.0723. The number of urea groups is 1. The summed E-state index contributed by atoms with van der Waals surface area (Å²) in [5, 5.41) is 4.15. The predicted molar refractivity (Wildman–Crippen MR) is 91.9 cm³/mol. The molecule has 23 heavy (non-hydrogen) atoms. The largest absolute Gasteiger partial charge is 0.378 e. The third kappa shape index (κ3) is 4.44. The number of aromatic nitrogens is 1. The van der Waals surface area contributed by atoms with Crippen molar-refractivity contribution in [2.75, 3.05) is 26.2 Å². The normalized spacial score (nSPS) is 22.5. The Labute approximate surface area is 142 Å². The Morgan fingerprint density at radius 2 is 2.26 bits per heavy atom. The number of thiazole rings is 1. The van der Waals surface area contributed by atoms with Crippen LogP contribution in [0.5, 0.6) is 0 Å². The summed E-state index contributed by atoms with van der Waals surface area (Å²) >= 11 is 1.74. The first-order valence-corrected chi connectivity index (χ1v) is 9.66. The van der Waals surface area contributed by atoms with Crippen LogP contribution >= 0.6 is 11.3 Å². The molecule has 2 aliphatic rings. The van der Waals surface area contributed by atoms with Gasteiger partial charge in [0.05, 0.1) is 11.1 Å². The fourth-order valence-corrected chi connectivity index (χ4v) is 4.33. The van der Waals surface area contributed by atoms with Crippen molar-refractivity contribution >= 4 is 17.4 Å². The van der Waals surface area contributed by atoms with Gasteiger partial charge >= 0.3 is 6.03 Å². The van der Waals surface area contributed by atoms with Crippen molar-refractivity contribution in [2.45, 2.75) is 51.6 Å². The van der Waals surface area contributed by atoms with E-state index in [1.54, 1.807) is 11.3 Å². The first-order chi connectivity index (χ1) is 11.3. The molecule has 1 aromatic rings. The minimum absolute atomic E-state index is 0.0723. The van der Waals surface area contributed by atoms with Crippen LogP contribution < -0.4 is 5.32 Å². The number of aryl methyl sites for hydroxylation is 1. The van der Waals surface area contributed by atoms with Crippen molar-refractivity contribution in [1.82, 2.24) is 15.2 Å². The van der Waals surface area contributed by atoms with Crippen molar-refractivity contribution in [3.63, 3.8) is 0 Å². The number of piperidine rings is 1. The standard InChI is InChI=1S/C17H27N3O2S/c1-2-14-12-19-16(23-14)5-8-18-17(21)20-9-6-13(7-10-20)15-4-3-11-22-15/h12-13,15H,2-11H2,1H3,(H,18,21)/t15-/m0/s1.